The van der Waals surface area contributed by atoms with Gasteiger partial charge in [-0.1, -0.05) is 48.5 Å². The van der Waals surface area contributed by atoms with Crippen LogP contribution in [0.15, 0.2) is 66.7 Å². The molecule has 3 heterocycles. The molecule has 0 saturated carbocycles. The lowest BCUT2D eigenvalue weighted by Gasteiger charge is -2.34. The number of fused-ring (bicyclic) bond motifs is 1. The van der Waals surface area contributed by atoms with Crippen LogP contribution in [0.3, 0.4) is 0 Å². The number of aromatic nitrogens is 4. The van der Waals surface area contributed by atoms with Crippen LogP contribution in [0.2, 0.25) is 0 Å². The number of carbonyl (C=O) groups excluding carboxylic acids is 1. The summed E-state index contributed by atoms with van der Waals surface area (Å²) in [6, 6.07) is 20.8. The summed E-state index contributed by atoms with van der Waals surface area (Å²) in [5.41, 5.74) is 2.88. The highest BCUT2D eigenvalue weighted by Gasteiger charge is 2.38. The molecular formula is C25H23F3N6O. The van der Waals surface area contributed by atoms with Crippen LogP contribution < -0.4 is 9.80 Å². The van der Waals surface area contributed by atoms with Crippen molar-refractivity contribution in [3.05, 3.63) is 72.6 Å². The second-order valence-electron chi connectivity index (χ2n) is 8.52. The van der Waals surface area contributed by atoms with E-state index in [0.717, 1.165) is 21.3 Å². The molecule has 0 atom stereocenters. The normalized spacial score (nSPS) is 14.9. The molecule has 7 nitrogen and oxygen atoms in total. The van der Waals surface area contributed by atoms with Crippen LogP contribution in [0, 0.1) is 5.92 Å². The van der Waals surface area contributed by atoms with E-state index in [4.69, 9.17) is 0 Å². The Morgan fingerprint density at radius 3 is 2.34 bits per heavy atom. The first-order valence-electron chi connectivity index (χ1n) is 11.3. The quantitative estimate of drug-likeness (QED) is 0.424. The van der Waals surface area contributed by atoms with Crippen molar-refractivity contribution >= 4 is 23.1 Å². The van der Waals surface area contributed by atoms with Crippen molar-refractivity contribution in [3.8, 4) is 11.1 Å². The van der Waals surface area contributed by atoms with Gasteiger partial charge >= 0.3 is 6.18 Å². The maximum absolute atomic E-state index is 13.4. The molecule has 0 N–H and O–H groups in total. The number of carbonyl (C=O) groups is 1. The number of rotatable bonds is 4. The largest absolute Gasteiger partial charge is 0.453 e. The predicted octanol–water partition coefficient (Wildman–Crippen LogP) is 4.69. The molecule has 0 bridgehead atoms. The third kappa shape index (κ3) is 4.43. The van der Waals surface area contributed by atoms with Crippen molar-refractivity contribution in [2.24, 2.45) is 5.92 Å². The maximum atomic E-state index is 13.4. The van der Waals surface area contributed by atoms with E-state index in [0.29, 0.717) is 31.7 Å². The summed E-state index contributed by atoms with van der Waals surface area (Å²) in [4.78, 5) is 17.0. The van der Waals surface area contributed by atoms with Crippen molar-refractivity contribution in [1.29, 1.82) is 0 Å². The van der Waals surface area contributed by atoms with Gasteiger partial charge in [-0.3, -0.25) is 4.79 Å². The van der Waals surface area contributed by atoms with Crippen molar-refractivity contribution in [2.75, 3.05) is 29.9 Å². The van der Waals surface area contributed by atoms with Crippen molar-refractivity contribution < 1.29 is 18.0 Å². The van der Waals surface area contributed by atoms with Gasteiger partial charge < -0.3 is 9.80 Å². The van der Waals surface area contributed by atoms with Crippen LogP contribution in [0.1, 0.15) is 18.7 Å². The van der Waals surface area contributed by atoms with Gasteiger partial charge in [0.1, 0.15) is 5.82 Å². The highest BCUT2D eigenvalue weighted by Crippen LogP contribution is 2.33. The number of hydrogen-bond donors (Lipinski definition) is 0. The fourth-order valence-corrected chi connectivity index (χ4v) is 4.50. The Hall–Kier alpha value is -3.95. The molecule has 0 spiro atoms. The van der Waals surface area contributed by atoms with Gasteiger partial charge in [0.15, 0.2) is 5.65 Å². The Morgan fingerprint density at radius 2 is 1.63 bits per heavy atom. The standard InChI is InChI=1S/C25H23F3N6O/c1-32(20-10-6-5-9-19(20)17-7-3-2-4-8-17)23(35)18-13-15-33(16-14-18)22-12-11-21-29-30-24(25(26,27)28)34(21)31-22/h2-12,18H,13-16H2,1H3. The Balaban J connectivity index is 1.30. The van der Waals surface area contributed by atoms with Gasteiger partial charge in [-0.2, -0.15) is 17.7 Å². The molecule has 2 aromatic carbocycles. The number of alkyl halides is 3. The van der Waals surface area contributed by atoms with Gasteiger partial charge in [-0.25, -0.2) is 0 Å². The molecule has 0 unspecified atom stereocenters. The summed E-state index contributed by atoms with van der Waals surface area (Å²) in [6.07, 6.45) is -3.50. The molecule has 1 aliphatic heterocycles. The summed E-state index contributed by atoms with van der Waals surface area (Å²) in [6.45, 7) is 1.01. The highest BCUT2D eigenvalue weighted by molar-refractivity contribution is 5.98. The van der Waals surface area contributed by atoms with Crippen LogP contribution in [0.4, 0.5) is 24.7 Å². The highest BCUT2D eigenvalue weighted by atomic mass is 19.4. The predicted molar refractivity (Wildman–Crippen MR) is 126 cm³/mol. The Bertz CT molecular complexity index is 1350. The van der Waals surface area contributed by atoms with Crippen molar-refractivity contribution in [2.45, 2.75) is 19.0 Å². The molecule has 1 aliphatic rings. The zero-order chi connectivity index (χ0) is 24.6. The van der Waals surface area contributed by atoms with Gasteiger partial charge in [0.05, 0.1) is 5.69 Å². The Kier molecular flexibility index (Phi) is 5.88. The zero-order valence-corrected chi connectivity index (χ0v) is 19.0. The monoisotopic (exact) mass is 480 g/mol. The topological polar surface area (TPSA) is 66.6 Å². The minimum absolute atomic E-state index is 0.0228. The fraction of sp³-hybridized carbons (Fsp3) is 0.280. The van der Waals surface area contributed by atoms with Crippen molar-refractivity contribution in [1.82, 2.24) is 19.8 Å². The molecule has 2 aromatic heterocycles. The van der Waals surface area contributed by atoms with E-state index in [1.807, 2.05) is 59.5 Å². The minimum atomic E-state index is -4.65. The van der Waals surface area contributed by atoms with Crippen LogP contribution in [0.25, 0.3) is 16.8 Å². The van der Waals surface area contributed by atoms with Crippen molar-refractivity contribution in [3.63, 3.8) is 0 Å². The molecule has 4 aromatic rings. The minimum Gasteiger partial charge on any atom is -0.355 e. The van der Waals surface area contributed by atoms with Gasteiger partial charge in [0.2, 0.25) is 5.91 Å². The molecule has 180 valence electrons. The molecule has 5 rings (SSSR count). The Morgan fingerprint density at radius 1 is 0.943 bits per heavy atom. The molecule has 0 radical (unpaired) electrons. The number of anilines is 2. The summed E-state index contributed by atoms with van der Waals surface area (Å²) >= 11 is 0. The average Bonchev–Trinajstić information content (AvgIpc) is 3.32. The summed E-state index contributed by atoms with van der Waals surface area (Å²) in [5, 5.41) is 10.9. The molecule has 35 heavy (non-hydrogen) atoms. The molecular weight excluding hydrogens is 457 g/mol. The van der Waals surface area contributed by atoms with Gasteiger partial charge in [0, 0.05) is 31.6 Å². The number of halogens is 3. The molecule has 1 fully saturated rings. The fourth-order valence-electron chi connectivity index (χ4n) is 4.50. The van der Waals surface area contributed by atoms with Crippen LogP contribution in [-0.4, -0.2) is 45.9 Å². The van der Waals surface area contributed by atoms with Crippen LogP contribution in [0.5, 0.6) is 0 Å². The van der Waals surface area contributed by atoms with Gasteiger partial charge in [-0.05, 0) is 36.6 Å². The van der Waals surface area contributed by atoms with E-state index in [2.05, 4.69) is 15.3 Å². The van der Waals surface area contributed by atoms with E-state index < -0.39 is 12.0 Å². The van der Waals surface area contributed by atoms with E-state index in [9.17, 15) is 18.0 Å². The first-order chi connectivity index (χ1) is 16.8. The van der Waals surface area contributed by atoms with E-state index in [1.54, 1.807) is 18.0 Å². The van der Waals surface area contributed by atoms with E-state index in [-0.39, 0.29) is 17.5 Å². The molecule has 1 amide bonds. The molecule has 1 saturated heterocycles. The average molecular weight is 480 g/mol. The Labute approximate surface area is 199 Å². The van der Waals surface area contributed by atoms with Gasteiger partial charge in [-0.15, -0.1) is 15.3 Å². The number of hydrogen-bond acceptors (Lipinski definition) is 5. The summed E-state index contributed by atoms with van der Waals surface area (Å²) in [5.74, 6) is -0.923. The van der Waals surface area contributed by atoms with Crippen LogP contribution >= 0.6 is 0 Å². The molecule has 10 heteroatoms. The smallest absolute Gasteiger partial charge is 0.355 e. The van der Waals surface area contributed by atoms with E-state index >= 15 is 0 Å². The third-order valence-corrected chi connectivity index (χ3v) is 6.35. The third-order valence-electron chi connectivity index (χ3n) is 6.35. The summed E-state index contributed by atoms with van der Waals surface area (Å²) in [7, 11) is 1.79. The lowest BCUT2D eigenvalue weighted by atomic mass is 9.94. The maximum Gasteiger partial charge on any atom is 0.453 e. The lowest BCUT2D eigenvalue weighted by Crippen LogP contribution is -2.42. The van der Waals surface area contributed by atoms with Crippen LogP contribution in [-0.2, 0) is 11.0 Å². The number of benzene rings is 2. The second-order valence-corrected chi connectivity index (χ2v) is 8.52. The first kappa shape index (κ1) is 22.8. The number of piperidine rings is 1. The summed E-state index contributed by atoms with van der Waals surface area (Å²) < 4.78 is 40.3. The van der Waals surface area contributed by atoms with E-state index in [1.165, 1.54) is 6.07 Å². The number of amides is 1. The zero-order valence-electron chi connectivity index (χ0n) is 19.0. The van der Waals surface area contributed by atoms with Gasteiger partial charge in [0.25, 0.3) is 5.82 Å². The SMILES string of the molecule is CN(C(=O)C1CCN(c2ccc3nnc(C(F)(F)F)n3n2)CC1)c1ccccc1-c1ccccc1. The second kappa shape index (κ2) is 9.01. The first-order valence-corrected chi connectivity index (χ1v) is 11.3. The number of nitrogens with zero attached hydrogens (tertiary/aromatic N) is 6. The lowest BCUT2D eigenvalue weighted by molar-refractivity contribution is -0.146. The number of para-hydroxylation sites is 1. The molecule has 0 aliphatic carbocycles.